The van der Waals surface area contributed by atoms with Gasteiger partial charge in [0, 0.05) is 38.7 Å². The standard InChI is InChI=1S/C18H22N4O3/c1-14-13-16(20-25-14)19-18(24)22-11-9-21(10-12-22)17(23)8-7-15-5-3-2-4-6-15/h2-6,13H,7-12H2,1H3,(H,19,20,24). The fourth-order valence-corrected chi connectivity index (χ4v) is 2.83. The van der Waals surface area contributed by atoms with Crippen LogP contribution in [0.25, 0.3) is 0 Å². The number of rotatable bonds is 4. The molecule has 1 aliphatic rings. The van der Waals surface area contributed by atoms with Gasteiger partial charge < -0.3 is 14.3 Å². The number of benzene rings is 1. The van der Waals surface area contributed by atoms with E-state index in [0.29, 0.717) is 44.2 Å². The van der Waals surface area contributed by atoms with E-state index in [4.69, 9.17) is 4.52 Å². The average Bonchev–Trinajstić information content (AvgIpc) is 3.05. The van der Waals surface area contributed by atoms with Crippen LogP contribution in [0.5, 0.6) is 0 Å². The summed E-state index contributed by atoms with van der Waals surface area (Å²) in [5.41, 5.74) is 1.16. The number of piperazine rings is 1. The number of nitrogens with zero attached hydrogens (tertiary/aromatic N) is 3. The van der Waals surface area contributed by atoms with Gasteiger partial charge in [0.25, 0.3) is 0 Å². The molecule has 1 aromatic carbocycles. The van der Waals surface area contributed by atoms with Gasteiger partial charge in [-0.25, -0.2) is 4.79 Å². The third kappa shape index (κ3) is 4.59. The average molecular weight is 342 g/mol. The van der Waals surface area contributed by atoms with Crippen molar-refractivity contribution in [2.75, 3.05) is 31.5 Å². The Hall–Kier alpha value is -2.83. The molecule has 0 unspecified atom stereocenters. The van der Waals surface area contributed by atoms with Gasteiger partial charge in [-0.05, 0) is 18.9 Å². The smallest absolute Gasteiger partial charge is 0.323 e. The van der Waals surface area contributed by atoms with Crippen LogP contribution in [-0.4, -0.2) is 53.1 Å². The molecule has 0 radical (unpaired) electrons. The Balaban J connectivity index is 1.43. The summed E-state index contributed by atoms with van der Waals surface area (Å²) in [6.45, 7) is 3.90. The summed E-state index contributed by atoms with van der Waals surface area (Å²) in [7, 11) is 0. The number of aromatic nitrogens is 1. The molecule has 2 heterocycles. The minimum atomic E-state index is -0.218. The molecular formula is C18H22N4O3. The molecule has 132 valence electrons. The summed E-state index contributed by atoms with van der Waals surface area (Å²) in [6.07, 6.45) is 1.24. The number of carbonyl (C=O) groups excluding carboxylic acids is 2. The Kier molecular flexibility index (Phi) is 5.33. The third-order valence-corrected chi connectivity index (χ3v) is 4.25. The van der Waals surface area contributed by atoms with Gasteiger partial charge in [0.2, 0.25) is 5.91 Å². The Morgan fingerprint density at radius 3 is 2.44 bits per heavy atom. The Labute approximate surface area is 146 Å². The molecule has 7 heteroatoms. The van der Waals surface area contributed by atoms with E-state index in [2.05, 4.69) is 10.5 Å². The van der Waals surface area contributed by atoms with Gasteiger partial charge in [0.15, 0.2) is 5.82 Å². The molecule has 3 rings (SSSR count). The Morgan fingerprint density at radius 2 is 1.80 bits per heavy atom. The lowest BCUT2D eigenvalue weighted by atomic mass is 10.1. The van der Waals surface area contributed by atoms with Crippen LogP contribution in [0, 0.1) is 6.92 Å². The highest BCUT2D eigenvalue weighted by molar-refractivity contribution is 5.88. The minimum Gasteiger partial charge on any atom is -0.360 e. The number of aryl methyl sites for hydroxylation is 2. The maximum absolute atomic E-state index is 12.3. The molecule has 3 amide bonds. The van der Waals surface area contributed by atoms with Crippen molar-refractivity contribution in [3.63, 3.8) is 0 Å². The zero-order valence-electron chi connectivity index (χ0n) is 14.3. The predicted molar refractivity (Wildman–Crippen MR) is 93.2 cm³/mol. The maximum Gasteiger partial charge on any atom is 0.323 e. The van der Waals surface area contributed by atoms with Crippen molar-refractivity contribution in [3.8, 4) is 0 Å². The highest BCUT2D eigenvalue weighted by Crippen LogP contribution is 2.11. The van der Waals surface area contributed by atoms with Crippen LogP contribution in [0.4, 0.5) is 10.6 Å². The molecule has 1 saturated heterocycles. The molecule has 1 aliphatic heterocycles. The molecule has 0 saturated carbocycles. The second kappa shape index (κ2) is 7.83. The van der Waals surface area contributed by atoms with Gasteiger partial charge >= 0.3 is 6.03 Å². The van der Waals surface area contributed by atoms with Gasteiger partial charge in [0.05, 0.1) is 0 Å². The zero-order valence-corrected chi connectivity index (χ0v) is 14.3. The monoisotopic (exact) mass is 342 g/mol. The topological polar surface area (TPSA) is 78.7 Å². The van der Waals surface area contributed by atoms with Gasteiger partial charge in [-0.3, -0.25) is 10.1 Å². The van der Waals surface area contributed by atoms with Crippen molar-refractivity contribution in [1.82, 2.24) is 15.0 Å². The van der Waals surface area contributed by atoms with E-state index in [0.717, 1.165) is 12.0 Å². The van der Waals surface area contributed by atoms with Crippen molar-refractivity contribution >= 4 is 17.8 Å². The summed E-state index contributed by atoms with van der Waals surface area (Å²) in [4.78, 5) is 28.0. The number of amides is 3. The zero-order chi connectivity index (χ0) is 17.6. The predicted octanol–water partition coefficient (Wildman–Crippen LogP) is 2.29. The first-order valence-corrected chi connectivity index (χ1v) is 8.43. The fraction of sp³-hybridized carbons (Fsp3) is 0.389. The molecule has 1 fully saturated rings. The SMILES string of the molecule is Cc1cc(NC(=O)N2CCN(C(=O)CCc3ccccc3)CC2)no1. The highest BCUT2D eigenvalue weighted by Gasteiger charge is 2.24. The summed E-state index contributed by atoms with van der Waals surface area (Å²) < 4.78 is 4.93. The summed E-state index contributed by atoms with van der Waals surface area (Å²) in [5, 5.41) is 6.45. The number of nitrogens with one attached hydrogen (secondary N) is 1. The molecule has 25 heavy (non-hydrogen) atoms. The van der Waals surface area contributed by atoms with E-state index < -0.39 is 0 Å². The van der Waals surface area contributed by atoms with Crippen LogP contribution < -0.4 is 5.32 Å². The van der Waals surface area contributed by atoms with Crippen molar-refractivity contribution in [1.29, 1.82) is 0 Å². The highest BCUT2D eigenvalue weighted by atomic mass is 16.5. The van der Waals surface area contributed by atoms with E-state index in [1.165, 1.54) is 0 Å². The van der Waals surface area contributed by atoms with Crippen LogP contribution in [-0.2, 0) is 11.2 Å². The van der Waals surface area contributed by atoms with Gasteiger partial charge in [-0.15, -0.1) is 0 Å². The normalized spacial score (nSPS) is 14.4. The first kappa shape index (κ1) is 17.0. The number of urea groups is 1. The molecule has 0 spiro atoms. The van der Waals surface area contributed by atoms with Crippen molar-refractivity contribution in [2.24, 2.45) is 0 Å². The molecule has 0 bridgehead atoms. The van der Waals surface area contributed by atoms with Crippen LogP contribution in [0.2, 0.25) is 0 Å². The summed E-state index contributed by atoms with van der Waals surface area (Å²) in [6, 6.07) is 11.4. The lowest BCUT2D eigenvalue weighted by Crippen LogP contribution is -2.51. The van der Waals surface area contributed by atoms with Crippen LogP contribution in [0.15, 0.2) is 40.9 Å². The van der Waals surface area contributed by atoms with Gasteiger partial charge in [-0.2, -0.15) is 0 Å². The third-order valence-electron chi connectivity index (χ3n) is 4.25. The van der Waals surface area contributed by atoms with E-state index in [9.17, 15) is 9.59 Å². The Bertz CT molecular complexity index is 721. The maximum atomic E-state index is 12.3. The lowest BCUT2D eigenvalue weighted by molar-refractivity contribution is -0.132. The quantitative estimate of drug-likeness (QED) is 0.925. The van der Waals surface area contributed by atoms with Crippen LogP contribution in [0.3, 0.4) is 0 Å². The first-order valence-electron chi connectivity index (χ1n) is 8.43. The summed E-state index contributed by atoms with van der Waals surface area (Å²) >= 11 is 0. The van der Waals surface area contributed by atoms with E-state index in [1.807, 2.05) is 35.2 Å². The fourth-order valence-electron chi connectivity index (χ4n) is 2.83. The van der Waals surface area contributed by atoms with Crippen molar-refractivity contribution in [2.45, 2.75) is 19.8 Å². The van der Waals surface area contributed by atoms with Gasteiger partial charge in [-0.1, -0.05) is 35.5 Å². The Morgan fingerprint density at radius 1 is 1.12 bits per heavy atom. The summed E-state index contributed by atoms with van der Waals surface area (Å²) in [5.74, 6) is 1.18. The molecule has 1 N–H and O–H groups in total. The van der Waals surface area contributed by atoms with E-state index in [-0.39, 0.29) is 11.9 Å². The number of anilines is 1. The number of hydrogen-bond acceptors (Lipinski definition) is 4. The van der Waals surface area contributed by atoms with Crippen LogP contribution in [0.1, 0.15) is 17.7 Å². The number of carbonyl (C=O) groups is 2. The molecular weight excluding hydrogens is 320 g/mol. The molecule has 2 aromatic rings. The van der Waals surface area contributed by atoms with E-state index in [1.54, 1.807) is 17.9 Å². The molecule has 1 aromatic heterocycles. The molecule has 0 atom stereocenters. The number of hydrogen-bond donors (Lipinski definition) is 1. The molecule has 7 nitrogen and oxygen atoms in total. The lowest BCUT2D eigenvalue weighted by Gasteiger charge is -2.34. The molecule has 0 aliphatic carbocycles. The van der Waals surface area contributed by atoms with Crippen molar-refractivity contribution in [3.05, 3.63) is 47.7 Å². The second-order valence-electron chi connectivity index (χ2n) is 6.11. The largest absolute Gasteiger partial charge is 0.360 e. The van der Waals surface area contributed by atoms with E-state index >= 15 is 0 Å². The van der Waals surface area contributed by atoms with Crippen molar-refractivity contribution < 1.29 is 14.1 Å². The first-order chi connectivity index (χ1) is 12.1. The van der Waals surface area contributed by atoms with Gasteiger partial charge in [0.1, 0.15) is 5.76 Å². The minimum absolute atomic E-state index is 0.135. The van der Waals surface area contributed by atoms with Crippen LogP contribution >= 0.6 is 0 Å². The second-order valence-corrected chi connectivity index (χ2v) is 6.11.